The van der Waals surface area contributed by atoms with E-state index >= 15 is 0 Å². The molecule has 2 heterocycles. The summed E-state index contributed by atoms with van der Waals surface area (Å²) in [5, 5.41) is 10.6. The zero-order valence-electron chi connectivity index (χ0n) is 14.2. The highest BCUT2D eigenvalue weighted by Gasteiger charge is 2.17. The summed E-state index contributed by atoms with van der Waals surface area (Å²) in [5.74, 6) is 0. The molecule has 4 rings (SSSR count). The van der Waals surface area contributed by atoms with E-state index in [0.717, 1.165) is 16.8 Å². The predicted molar refractivity (Wildman–Crippen MR) is 110 cm³/mol. The van der Waals surface area contributed by atoms with Crippen LogP contribution < -0.4 is 5.43 Å². The van der Waals surface area contributed by atoms with Crippen molar-refractivity contribution in [3.8, 4) is 22.4 Å². The Hall–Kier alpha value is -2.59. The zero-order valence-corrected chi connectivity index (χ0v) is 15.7. The van der Waals surface area contributed by atoms with E-state index < -0.39 is 0 Å². The average Bonchev–Trinajstić information content (AvgIpc) is 2.68. The molecule has 2 aromatic heterocycles. The molecule has 0 unspecified atom stereocenters. The molecule has 1 N–H and O–H groups in total. The van der Waals surface area contributed by atoms with Crippen molar-refractivity contribution in [3.05, 3.63) is 98.8 Å². The second kappa shape index (κ2) is 7.20. The SMILES string of the molecule is O=c1ccn2c(-c3ccccc3CO)cccc2c1-c1c(Cl)cccc1Cl. The van der Waals surface area contributed by atoms with Crippen molar-refractivity contribution in [2.24, 2.45) is 0 Å². The first-order valence-electron chi connectivity index (χ1n) is 8.39. The van der Waals surface area contributed by atoms with E-state index in [9.17, 15) is 9.90 Å². The number of aliphatic hydroxyl groups excluding tert-OH is 1. The van der Waals surface area contributed by atoms with Crippen LogP contribution in [0, 0.1) is 0 Å². The molecule has 3 nitrogen and oxygen atoms in total. The number of nitrogens with zero attached hydrogens (tertiary/aromatic N) is 1. The van der Waals surface area contributed by atoms with Crippen LogP contribution in [0.1, 0.15) is 5.56 Å². The van der Waals surface area contributed by atoms with Gasteiger partial charge < -0.3 is 9.51 Å². The van der Waals surface area contributed by atoms with Crippen molar-refractivity contribution in [1.29, 1.82) is 0 Å². The first-order chi connectivity index (χ1) is 13.1. The van der Waals surface area contributed by atoms with Gasteiger partial charge in [-0.15, -0.1) is 0 Å². The highest BCUT2D eigenvalue weighted by Crippen LogP contribution is 2.36. The minimum atomic E-state index is -0.155. The maximum Gasteiger partial charge on any atom is 0.190 e. The maximum absolute atomic E-state index is 12.7. The third-order valence-corrected chi connectivity index (χ3v) is 5.21. The van der Waals surface area contributed by atoms with Crippen LogP contribution in [0.2, 0.25) is 10.0 Å². The van der Waals surface area contributed by atoms with Gasteiger partial charge in [-0.2, -0.15) is 0 Å². The lowest BCUT2D eigenvalue weighted by Crippen LogP contribution is -2.09. The largest absolute Gasteiger partial charge is 0.392 e. The summed E-state index contributed by atoms with van der Waals surface area (Å²) in [6, 6.07) is 20.0. The van der Waals surface area contributed by atoms with Crippen LogP contribution >= 0.6 is 23.2 Å². The average molecular weight is 396 g/mol. The second-order valence-electron chi connectivity index (χ2n) is 6.13. The number of fused-ring (bicyclic) bond motifs is 1. The number of halogens is 2. The van der Waals surface area contributed by atoms with Crippen molar-refractivity contribution in [3.63, 3.8) is 0 Å². The molecule has 2 aromatic carbocycles. The molecule has 0 atom stereocenters. The Morgan fingerprint density at radius 3 is 2.26 bits per heavy atom. The minimum absolute atomic E-state index is 0.0735. The van der Waals surface area contributed by atoms with Crippen LogP contribution in [-0.4, -0.2) is 9.51 Å². The fourth-order valence-corrected chi connectivity index (χ4v) is 3.94. The fraction of sp³-hybridized carbons (Fsp3) is 0.0455. The maximum atomic E-state index is 12.7. The summed E-state index contributed by atoms with van der Waals surface area (Å²) in [7, 11) is 0. The molecule has 0 aliphatic rings. The second-order valence-corrected chi connectivity index (χ2v) is 6.95. The van der Waals surface area contributed by atoms with Gasteiger partial charge in [-0.25, -0.2) is 0 Å². The number of pyridine rings is 2. The highest BCUT2D eigenvalue weighted by molar-refractivity contribution is 6.39. The van der Waals surface area contributed by atoms with Crippen molar-refractivity contribution >= 4 is 28.7 Å². The summed E-state index contributed by atoms with van der Waals surface area (Å²) >= 11 is 12.8. The van der Waals surface area contributed by atoms with Crippen molar-refractivity contribution in [1.82, 2.24) is 4.40 Å². The van der Waals surface area contributed by atoms with E-state index in [0.29, 0.717) is 26.7 Å². The molecule has 0 saturated carbocycles. The smallest absolute Gasteiger partial charge is 0.190 e. The standard InChI is InChI=1S/C22H15Cl2NO2/c23-16-7-3-8-17(24)21(16)22-19-10-4-9-18(25(19)12-11-20(22)27)15-6-2-1-5-14(15)13-26/h1-12,26H,13H2. The van der Waals surface area contributed by atoms with E-state index in [1.165, 1.54) is 6.07 Å². The number of aliphatic hydroxyl groups is 1. The Balaban J connectivity index is 2.10. The summed E-state index contributed by atoms with van der Waals surface area (Å²) in [4.78, 5) is 12.7. The van der Waals surface area contributed by atoms with Crippen LogP contribution in [0.3, 0.4) is 0 Å². The fourth-order valence-electron chi connectivity index (χ4n) is 3.35. The number of hydrogen-bond donors (Lipinski definition) is 1. The Bertz CT molecular complexity index is 1190. The van der Waals surface area contributed by atoms with Gasteiger partial charge in [-0.1, -0.05) is 59.6 Å². The molecule has 0 spiro atoms. The third kappa shape index (κ3) is 3.04. The van der Waals surface area contributed by atoms with Gasteiger partial charge in [0, 0.05) is 23.4 Å². The van der Waals surface area contributed by atoms with Crippen molar-refractivity contribution in [2.45, 2.75) is 6.61 Å². The normalized spacial score (nSPS) is 11.1. The van der Waals surface area contributed by atoms with E-state index in [4.69, 9.17) is 23.2 Å². The van der Waals surface area contributed by atoms with E-state index in [-0.39, 0.29) is 12.0 Å². The van der Waals surface area contributed by atoms with Crippen molar-refractivity contribution in [2.75, 3.05) is 0 Å². The topological polar surface area (TPSA) is 41.7 Å². The quantitative estimate of drug-likeness (QED) is 0.502. The Morgan fingerprint density at radius 1 is 0.815 bits per heavy atom. The molecular formula is C22H15Cl2NO2. The summed E-state index contributed by atoms with van der Waals surface area (Å²) in [6.07, 6.45) is 1.73. The van der Waals surface area contributed by atoms with Crippen LogP contribution in [0.5, 0.6) is 0 Å². The third-order valence-electron chi connectivity index (χ3n) is 4.58. The van der Waals surface area contributed by atoms with Gasteiger partial charge in [0.05, 0.1) is 33.4 Å². The van der Waals surface area contributed by atoms with Gasteiger partial charge in [0.25, 0.3) is 0 Å². The van der Waals surface area contributed by atoms with Gasteiger partial charge in [0.1, 0.15) is 0 Å². The number of benzene rings is 2. The monoisotopic (exact) mass is 395 g/mol. The van der Waals surface area contributed by atoms with Gasteiger partial charge in [0.15, 0.2) is 5.43 Å². The zero-order chi connectivity index (χ0) is 19.0. The van der Waals surface area contributed by atoms with E-state index in [1.54, 1.807) is 24.4 Å². The molecule has 0 aliphatic carbocycles. The van der Waals surface area contributed by atoms with Gasteiger partial charge in [-0.3, -0.25) is 4.79 Å². The highest BCUT2D eigenvalue weighted by atomic mass is 35.5. The molecule has 4 aromatic rings. The molecule has 0 fully saturated rings. The van der Waals surface area contributed by atoms with Gasteiger partial charge >= 0.3 is 0 Å². The summed E-state index contributed by atoms with van der Waals surface area (Å²) in [6.45, 7) is -0.0735. The molecule has 0 radical (unpaired) electrons. The van der Waals surface area contributed by atoms with Crippen molar-refractivity contribution < 1.29 is 5.11 Å². The van der Waals surface area contributed by atoms with Gasteiger partial charge in [0.2, 0.25) is 0 Å². The van der Waals surface area contributed by atoms with E-state index in [1.807, 2.05) is 46.9 Å². The number of hydrogen-bond acceptors (Lipinski definition) is 2. The summed E-state index contributed by atoms with van der Waals surface area (Å²) < 4.78 is 1.92. The molecule has 5 heteroatoms. The van der Waals surface area contributed by atoms with Crippen LogP contribution in [0.25, 0.3) is 27.9 Å². The Kier molecular flexibility index (Phi) is 4.75. The molecule has 27 heavy (non-hydrogen) atoms. The van der Waals surface area contributed by atoms with Gasteiger partial charge in [-0.05, 0) is 29.8 Å². The summed E-state index contributed by atoms with van der Waals surface area (Å²) in [5.41, 5.74) is 4.08. The van der Waals surface area contributed by atoms with E-state index in [2.05, 4.69) is 0 Å². The Morgan fingerprint density at radius 2 is 1.52 bits per heavy atom. The Labute approximate surface area is 166 Å². The lowest BCUT2D eigenvalue weighted by molar-refractivity contribution is 0.282. The molecular weight excluding hydrogens is 381 g/mol. The van der Waals surface area contributed by atoms with Crippen LogP contribution in [0.4, 0.5) is 0 Å². The number of aromatic nitrogens is 1. The lowest BCUT2D eigenvalue weighted by atomic mass is 10.0. The first-order valence-corrected chi connectivity index (χ1v) is 9.15. The van der Waals surface area contributed by atoms with Crippen LogP contribution in [-0.2, 0) is 6.61 Å². The molecule has 0 amide bonds. The number of rotatable bonds is 3. The molecule has 0 aliphatic heterocycles. The lowest BCUT2D eigenvalue weighted by Gasteiger charge is -2.16. The minimum Gasteiger partial charge on any atom is -0.392 e. The van der Waals surface area contributed by atoms with Crippen LogP contribution in [0.15, 0.2) is 77.7 Å². The first kappa shape index (κ1) is 17.8. The predicted octanol–water partition coefficient (Wildman–Crippen LogP) is 5.43. The molecule has 0 saturated heterocycles. The molecule has 134 valence electrons. The molecule has 0 bridgehead atoms.